The van der Waals surface area contributed by atoms with Gasteiger partial charge in [0.05, 0.1) is 0 Å². The summed E-state index contributed by atoms with van der Waals surface area (Å²) in [6.07, 6.45) is 8.69. The Labute approximate surface area is 123 Å². The van der Waals surface area contributed by atoms with Crippen LogP contribution in [0.2, 0.25) is 0 Å². The highest BCUT2D eigenvalue weighted by Crippen LogP contribution is 2.37. The number of alkyl halides is 2. The van der Waals surface area contributed by atoms with Gasteiger partial charge >= 0.3 is 0 Å². The van der Waals surface area contributed by atoms with E-state index in [0.717, 1.165) is 20.2 Å². The summed E-state index contributed by atoms with van der Waals surface area (Å²) in [5, 5.41) is 0. The molecule has 2 nitrogen and oxygen atoms in total. The van der Waals surface area contributed by atoms with E-state index in [9.17, 15) is 0 Å². The molecule has 0 unspecified atom stereocenters. The quantitative estimate of drug-likeness (QED) is 0.513. The first-order valence-corrected chi connectivity index (χ1v) is 8.19. The lowest BCUT2D eigenvalue weighted by molar-refractivity contribution is 0.566. The van der Waals surface area contributed by atoms with Crippen molar-refractivity contribution in [2.45, 2.75) is 0 Å². The lowest BCUT2D eigenvalue weighted by Crippen LogP contribution is -2.31. The maximum absolute atomic E-state index is 6.22. The summed E-state index contributed by atoms with van der Waals surface area (Å²) in [5.41, 5.74) is 16.8. The maximum atomic E-state index is 6.22. The fourth-order valence-electron chi connectivity index (χ4n) is 2.16. The van der Waals surface area contributed by atoms with Crippen LogP contribution in [0.5, 0.6) is 0 Å². The summed E-state index contributed by atoms with van der Waals surface area (Å²) >= 11 is 4.68. The highest BCUT2D eigenvalue weighted by Gasteiger charge is 2.30. The first-order valence-electron chi connectivity index (χ1n) is 5.14. The molecule has 2 aliphatic carbocycles. The van der Waals surface area contributed by atoms with Crippen molar-refractivity contribution in [3.63, 3.8) is 0 Å². The van der Waals surface area contributed by atoms with Gasteiger partial charge in [-0.25, -0.2) is 0 Å². The SMILES string of the molecule is NC1=C(CI)C=CC2C=CC(CI)=C(N)C12. The Bertz CT molecular complexity index is 381. The lowest BCUT2D eigenvalue weighted by Gasteiger charge is -2.32. The first kappa shape index (κ1) is 12.5. The minimum atomic E-state index is 0.185. The van der Waals surface area contributed by atoms with E-state index in [1.165, 1.54) is 11.1 Å². The third-order valence-corrected chi connectivity index (χ3v) is 4.77. The number of fused-ring (bicyclic) bond motifs is 1. The molecule has 2 aliphatic rings. The van der Waals surface area contributed by atoms with Crippen LogP contribution in [0.25, 0.3) is 0 Å². The van der Waals surface area contributed by atoms with Crippen LogP contribution in [0.3, 0.4) is 0 Å². The van der Waals surface area contributed by atoms with Crippen molar-refractivity contribution in [2.75, 3.05) is 8.86 Å². The molecular formula is C12H14I2N2. The Balaban J connectivity index is 2.43. The van der Waals surface area contributed by atoms with Gasteiger partial charge in [0, 0.05) is 32.1 Å². The molecule has 0 aromatic carbocycles. The number of allylic oxidation sites excluding steroid dienone is 6. The zero-order valence-electron chi connectivity index (χ0n) is 8.79. The highest BCUT2D eigenvalue weighted by atomic mass is 127. The van der Waals surface area contributed by atoms with E-state index in [4.69, 9.17) is 11.5 Å². The normalized spacial score (nSPS) is 28.6. The number of nitrogens with two attached hydrogens (primary N) is 2. The summed E-state index contributed by atoms with van der Waals surface area (Å²) in [5.74, 6) is 0.530. The van der Waals surface area contributed by atoms with Crippen molar-refractivity contribution in [3.05, 3.63) is 46.8 Å². The molecule has 0 aromatic heterocycles. The molecule has 0 radical (unpaired) electrons. The topological polar surface area (TPSA) is 52.0 Å². The molecule has 0 amide bonds. The third-order valence-electron chi connectivity index (χ3n) is 3.12. The summed E-state index contributed by atoms with van der Waals surface area (Å²) in [6, 6.07) is 0. The second-order valence-electron chi connectivity index (χ2n) is 4.00. The van der Waals surface area contributed by atoms with Crippen molar-refractivity contribution in [1.29, 1.82) is 0 Å². The predicted octanol–water partition coefficient (Wildman–Crippen LogP) is 2.65. The largest absolute Gasteiger partial charge is 0.401 e. The molecule has 0 bridgehead atoms. The van der Waals surface area contributed by atoms with Crippen LogP contribution in [0.15, 0.2) is 46.8 Å². The van der Waals surface area contributed by atoms with E-state index < -0.39 is 0 Å². The van der Waals surface area contributed by atoms with Crippen LogP contribution in [-0.4, -0.2) is 8.86 Å². The molecule has 16 heavy (non-hydrogen) atoms. The van der Waals surface area contributed by atoms with Crippen LogP contribution in [0.4, 0.5) is 0 Å². The average molecular weight is 440 g/mol. The number of hydrogen-bond donors (Lipinski definition) is 2. The minimum Gasteiger partial charge on any atom is -0.401 e. The van der Waals surface area contributed by atoms with Gasteiger partial charge in [0.2, 0.25) is 0 Å². The van der Waals surface area contributed by atoms with Gasteiger partial charge < -0.3 is 11.5 Å². The molecule has 2 rings (SSSR count). The van der Waals surface area contributed by atoms with Crippen LogP contribution >= 0.6 is 45.2 Å². The van der Waals surface area contributed by atoms with Crippen LogP contribution in [-0.2, 0) is 0 Å². The number of rotatable bonds is 2. The zero-order valence-corrected chi connectivity index (χ0v) is 13.1. The zero-order chi connectivity index (χ0) is 11.7. The van der Waals surface area contributed by atoms with Crippen LogP contribution in [0.1, 0.15) is 0 Å². The van der Waals surface area contributed by atoms with Gasteiger partial charge in [-0.2, -0.15) is 0 Å². The summed E-state index contributed by atoms with van der Waals surface area (Å²) in [7, 11) is 0. The molecule has 4 N–H and O–H groups in total. The third kappa shape index (κ3) is 2.05. The van der Waals surface area contributed by atoms with Crippen molar-refractivity contribution < 1.29 is 0 Å². The summed E-state index contributed by atoms with van der Waals surface area (Å²) in [4.78, 5) is 0. The Morgan fingerprint density at radius 3 is 1.75 bits per heavy atom. The Hall–Kier alpha value is 0.0200. The fraction of sp³-hybridized carbons (Fsp3) is 0.333. The van der Waals surface area contributed by atoms with Gasteiger partial charge in [0.25, 0.3) is 0 Å². The molecule has 0 aliphatic heterocycles. The molecule has 0 aromatic rings. The van der Waals surface area contributed by atoms with Crippen molar-refractivity contribution in [3.8, 4) is 0 Å². The molecule has 0 spiro atoms. The monoisotopic (exact) mass is 440 g/mol. The van der Waals surface area contributed by atoms with Gasteiger partial charge in [0.15, 0.2) is 0 Å². The standard InChI is InChI=1S/C12H14I2N2/c13-5-8-3-1-7-2-4-9(6-14)12(16)10(7)11(8)15/h1-4,7,10H,5-6,15-16H2. The van der Waals surface area contributed by atoms with Crippen molar-refractivity contribution in [2.24, 2.45) is 23.3 Å². The molecule has 0 fully saturated rings. The minimum absolute atomic E-state index is 0.185. The van der Waals surface area contributed by atoms with E-state index in [1.807, 2.05) is 0 Å². The molecule has 0 atom stereocenters. The maximum Gasteiger partial charge on any atom is 0.0484 e. The van der Waals surface area contributed by atoms with Gasteiger partial charge in [0.1, 0.15) is 0 Å². The van der Waals surface area contributed by atoms with E-state index in [-0.39, 0.29) is 5.92 Å². The van der Waals surface area contributed by atoms with Crippen LogP contribution in [0, 0.1) is 11.8 Å². The predicted molar refractivity (Wildman–Crippen MR) is 85.5 cm³/mol. The Morgan fingerprint density at radius 2 is 1.38 bits per heavy atom. The second kappa shape index (κ2) is 5.12. The van der Waals surface area contributed by atoms with Crippen LogP contribution < -0.4 is 11.5 Å². The highest BCUT2D eigenvalue weighted by molar-refractivity contribution is 14.1. The summed E-state index contributed by atoms with van der Waals surface area (Å²) in [6.45, 7) is 0. The van der Waals surface area contributed by atoms with Crippen molar-refractivity contribution in [1.82, 2.24) is 0 Å². The van der Waals surface area contributed by atoms with E-state index >= 15 is 0 Å². The molecule has 0 saturated heterocycles. The first-order chi connectivity index (χ1) is 7.69. The molecule has 0 saturated carbocycles. The van der Waals surface area contributed by atoms with Gasteiger partial charge in [-0.1, -0.05) is 69.5 Å². The van der Waals surface area contributed by atoms with E-state index in [0.29, 0.717) is 5.92 Å². The average Bonchev–Trinajstić information content (AvgIpc) is 2.30. The molecule has 86 valence electrons. The van der Waals surface area contributed by atoms with Gasteiger partial charge in [-0.15, -0.1) is 0 Å². The lowest BCUT2D eigenvalue weighted by atomic mass is 9.77. The number of halogens is 2. The van der Waals surface area contributed by atoms with Gasteiger partial charge in [-0.05, 0) is 11.1 Å². The van der Waals surface area contributed by atoms with E-state index in [1.54, 1.807) is 0 Å². The Kier molecular flexibility index (Phi) is 3.99. The molecular weight excluding hydrogens is 426 g/mol. The molecule has 4 heteroatoms. The van der Waals surface area contributed by atoms with E-state index in [2.05, 4.69) is 69.5 Å². The summed E-state index contributed by atoms with van der Waals surface area (Å²) < 4.78 is 1.89. The number of hydrogen-bond acceptors (Lipinski definition) is 2. The Morgan fingerprint density at radius 1 is 0.938 bits per heavy atom. The smallest absolute Gasteiger partial charge is 0.0484 e. The second-order valence-corrected chi connectivity index (χ2v) is 5.53. The van der Waals surface area contributed by atoms with Gasteiger partial charge in [-0.3, -0.25) is 0 Å². The molecule has 0 heterocycles. The fourth-order valence-corrected chi connectivity index (χ4v) is 3.55. The van der Waals surface area contributed by atoms with Crippen molar-refractivity contribution >= 4 is 45.2 Å².